The molecule has 2 rings (SSSR count). The fourth-order valence-electron chi connectivity index (χ4n) is 1.87. The molecule has 0 bridgehead atoms. The molecule has 16 heavy (non-hydrogen) atoms. The third kappa shape index (κ3) is 1.54. The number of benzene rings is 1. The van der Waals surface area contributed by atoms with Gasteiger partial charge in [-0.1, -0.05) is 6.07 Å². The van der Waals surface area contributed by atoms with Crippen molar-refractivity contribution in [1.29, 1.82) is 0 Å². The van der Waals surface area contributed by atoms with Gasteiger partial charge in [0.25, 0.3) is 0 Å². The second-order valence-electron chi connectivity index (χ2n) is 4.04. The highest BCUT2D eigenvalue weighted by molar-refractivity contribution is 5.97. The summed E-state index contributed by atoms with van der Waals surface area (Å²) < 4.78 is 1.87. The number of nitrogens with zero attached hydrogens (tertiary/aromatic N) is 1. The first-order valence-electron chi connectivity index (χ1n) is 5.11. The monoisotopic (exact) mass is 215 g/mol. The fraction of sp³-hybridized carbons (Fsp3) is 0.231. The van der Waals surface area contributed by atoms with Gasteiger partial charge in [-0.15, -0.1) is 0 Å². The van der Waals surface area contributed by atoms with Gasteiger partial charge in [-0.2, -0.15) is 0 Å². The Labute approximate surface area is 93.3 Å². The average molecular weight is 215 g/mol. The summed E-state index contributed by atoms with van der Waals surface area (Å²) in [5.74, 6) is 0.00919. The van der Waals surface area contributed by atoms with E-state index in [2.05, 4.69) is 0 Å². The molecule has 0 radical (unpaired) electrons. The van der Waals surface area contributed by atoms with Crippen LogP contribution in [0.3, 0.4) is 0 Å². The number of fused-ring (bicyclic) bond motifs is 1. The smallest absolute Gasteiger partial charge is 0.192 e. The molecule has 0 amide bonds. The molecule has 1 heterocycles. The van der Waals surface area contributed by atoms with E-state index in [9.17, 15) is 9.59 Å². The van der Waals surface area contributed by atoms with Crippen LogP contribution < -0.4 is 5.43 Å². The number of aromatic nitrogens is 1. The molecule has 0 aliphatic heterocycles. The van der Waals surface area contributed by atoms with Crippen LogP contribution in [-0.4, -0.2) is 10.4 Å². The van der Waals surface area contributed by atoms with Crippen molar-refractivity contribution in [3.05, 3.63) is 45.7 Å². The van der Waals surface area contributed by atoms with Gasteiger partial charge in [0, 0.05) is 29.8 Å². The number of hydrogen-bond donors (Lipinski definition) is 0. The Morgan fingerprint density at radius 2 is 2.00 bits per heavy atom. The van der Waals surface area contributed by atoms with E-state index >= 15 is 0 Å². The fourth-order valence-corrected chi connectivity index (χ4v) is 1.87. The number of rotatable bonds is 1. The molecule has 3 heteroatoms. The number of ketones is 1. The highest BCUT2D eigenvalue weighted by Gasteiger charge is 2.06. The van der Waals surface area contributed by atoms with Gasteiger partial charge in [-0.25, -0.2) is 0 Å². The number of pyridine rings is 1. The zero-order valence-electron chi connectivity index (χ0n) is 9.57. The maximum absolute atomic E-state index is 11.9. The minimum atomic E-state index is 0.00919. The molecule has 0 spiro atoms. The van der Waals surface area contributed by atoms with E-state index in [-0.39, 0.29) is 11.2 Å². The van der Waals surface area contributed by atoms with Crippen LogP contribution in [0.1, 0.15) is 22.8 Å². The molecule has 0 unspecified atom stereocenters. The summed E-state index contributed by atoms with van der Waals surface area (Å²) in [4.78, 5) is 23.1. The predicted octanol–water partition coefficient (Wildman–Crippen LogP) is 2.05. The SMILES string of the molecule is CC(=O)c1ccc2c(=O)c(C)cn(C)c2c1. The largest absolute Gasteiger partial charge is 0.350 e. The minimum absolute atomic E-state index is 0.00919. The van der Waals surface area contributed by atoms with E-state index in [4.69, 9.17) is 0 Å². The number of aryl methyl sites for hydroxylation is 2. The van der Waals surface area contributed by atoms with Crippen molar-refractivity contribution in [1.82, 2.24) is 4.57 Å². The van der Waals surface area contributed by atoms with Gasteiger partial charge in [0.15, 0.2) is 11.2 Å². The summed E-state index contributed by atoms with van der Waals surface area (Å²) in [5.41, 5.74) is 2.17. The standard InChI is InChI=1S/C13H13NO2/c1-8-7-14(3)12-6-10(9(2)15)4-5-11(12)13(8)16/h4-7H,1-3H3. The molecule has 0 fully saturated rings. The molecule has 1 aromatic carbocycles. The van der Waals surface area contributed by atoms with Gasteiger partial charge in [0.1, 0.15) is 0 Å². The summed E-state index contributed by atoms with van der Waals surface area (Å²) >= 11 is 0. The summed E-state index contributed by atoms with van der Waals surface area (Å²) in [6.07, 6.45) is 1.79. The summed E-state index contributed by atoms with van der Waals surface area (Å²) in [6, 6.07) is 5.19. The Kier molecular flexibility index (Phi) is 2.38. The molecule has 1 aromatic heterocycles. The Morgan fingerprint density at radius 1 is 1.31 bits per heavy atom. The van der Waals surface area contributed by atoms with E-state index in [1.54, 1.807) is 31.3 Å². The number of carbonyl (C=O) groups excluding carboxylic acids is 1. The maximum Gasteiger partial charge on any atom is 0.192 e. The second kappa shape index (κ2) is 3.59. The number of Topliss-reactive ketones (excluding diaryl/α,β-unsaturated/α-hetero) is 1. The summed E-state index contributed by atoms with van der Waals surface area (Å²) in [7, 11) is 1.87. The van der Waals surface area contributed by atoms with E-state index in [0.717, 1.165) is 5.52 Å². The number of carbonyl (C=O) groups is 1. The third-order valence-corrected chi connectivity index (χ3v) is 2.77. The average Bonchev–Trinajstić information content (AvgIpc) is 2.25. The van der Waals surface area contributed by atoms with Crippen molar-refractivity contribution in [2.45, 2.75) is 13.8 Å². The first kappa shape index (κ1) is 10.6. The minimum Gasteiger partial charge on any atom is -0.350 e. The van der Waals surface area contributed by atoms with Crippen LogP contribution >= 0.6 is 0 Å². The lowest BCUT2D eigenvalue weighted by Gasteiger charge is -2.07. The lowest BCUT2D eigenvalue weighted by Crippen LogP contribution is -2.10. The molecule has 2 aromatic rings. The first-order valence-corrected chi connectivity index (χ1v) is 5.11. The molecule has 82 valence electrons. The van der Waals surface area contributed by atoms with Crippen molar-refractivity contribution >= 4 is 16.7 Å². The normalized spacial score (nSPS) is 10.7. The van der Waals surface area contributed by atoms with Gasteiger partial charge in [0.2, 0.25) is 0 Å². The maximum atomic E-state index is 11.9. The highest BCUT2D eigenvalue weighted by atomic mass is 16.1. The lowest BCUT2D eigenvalue weighted by atomic mass is 10.1. The second-order valence-corrected chi connectivity index (χ2v) is 4.04. The van der Waals surface area contributed by atoms with Crippen LogP contribution in [0.25, 0.3) is 10.9 Å². The molecule has 0 aliphatic carbocycles. The zero-order chi connectivity index (χ0) is 11.9. The van der Waals surface area contributed by atoms with E-state index < -0.39 is 0 Å². The van der Waals surface area contributed by atoms with Crippen LogP contribution in [-0.2, 0) is 7.05 Å². The van der Waals surface area contributed by atoms with Gasteiger partial charge in [-0.05, 0) is 26.0 Å². The van der Waals surface area contributed by atoms with E-state index in [0.29, 0.717) is 16.5 Å². The van der Waals surface area contributed by atoms with Gasteiger partial charge >= 0.3 is 0 Å². The van der Waals surface area contributed by atoms with Crippen LogP contribution in [0.5, 0.6) is 0 Å². The predicted molar refractivity (Wildman–Crippen MR) is 63.9 cm³/mol. The number of hydrogen-bond acceptors (Lipinski definition) is 2. The van der Waals surface area contributed by atoms with Crippen LogP contribution in [0, 0.1) is 6.92 Å². The molecule has 0 saturated carbocycles. The summed E-state index contributed by atoms with van der Waals surface area (Å²) in [6.45, 7) is 3.31. The van der Waals surface area contributed by atoms with Gasteiger partial charge < -0.3 is 4.57 Å². The Balaban J connectivity index is 2.90. The van der Waals surface area contributed by atoms with Crippen molar-refractivity contribution in [2.24, 2.45) is 7.05 Å². The highest BCUT2D eigenvalue weighted by Crippen LogP contribution is 2.13. The first-order chi connectivity index (χ1) is 7.50. The molecule has 0 N–H and O–H groups in total. The molecule has 0 atom stereocenters. The summed E-state index contributed by atoms with van der Waals surface area (Å²) in [5, 5.41) is 0.660. The Morgan fingerprint density at radius 3 is 2.62 bits per heavy atom. The van der Waals surface area contributed by atoms with Crippen molar-refractivity contribution < 1.29 is 4.79 Å². The van der Waals surface area contributed by atoms with E-state index in [1.165, 1.54) is 6.92 Å². The van der Waals surface area contributed by atoms with Crippen LogP contribution in [0.15, 0.2) is 29.2 Å². The zero-order valence-corrected chi connectivity index (χ0v) is 9.57. The van der Waals surface area contributed by atoms with Crippen LogP contribution in [0.4, 0.5) is 0 Å². The topological polar surface area (TPSA) is 39.1 Å². The molecule has 3 nitrogen and oxygen atoms in total. The van der Waals surface area contributed by atoms with Crippen LogP contribution in [0.2, 0.25) is 0 Å². The van der Waals surface area contributed by atoms with E-state index in [1.807, 2.05) is 11.6 Å². The van der Waals surface area contributed by atoms with Gasteiger partial charge in [0.05, 0.1) is 5.52 Å². The van der Waals surface area contributed by atoms with Crippen molar-refractivity contribution in [3.8, 4) is 0 Å². The molecule has 0 aliphatic rings. The molecular formula is C13H13NO2. The third-order valence-electron chi connectivity index (χ3n) is 2.77. The lowest BCUT2D eigenvalue weighted by molar-refractivity contribution is 0.101. The molecular weight excluding hydrogens is 202 g/mol. The molecule has 0 saturated heterocycles. The Bertz CT molecular complexity index is 638. The van der Waals surface area contributed by atoms with Crippen molar-refractivity contribution in [3.63, 3.8) is 0 Å². The van der Waals surface area contributed by atoms with Crippen molar-refractivity contribution in [2.75, 3.05) is 0 Å². The van der Waals surface area contributed by atoms with Gasteiger partial charge in [-0.3, -0.25) is 9.59 Å². The quantitative estimate of drug-likeness (QED) is 0.683. The Hall–Kier alpha value is -1.90.